The van der Waals surface area contributed by atoms with Gasteiger partial charge in [0.25, 0.3) is 5.91 Å². The molecule has 2 aromatic carbocycles. The zero-order valence-corrected chi connectivity index (χ0v) is 17.3. The number of nitrogens with zero attached hydrogens (tertiary/aromatic N) is 2. The molecule has 4 aromatic rings. The maximum Gasteiger partial charge on any atom is 0.416 e. The summed E-state index contributed by atoms with van der Waals surface area (Å²) >= 11 is 0. The van der Waals surface area contributed by atoms with Gasteiger partial charge in [-0.1, -0.05) is 6.07 Å². The van der Waals surface area contributed by atoms with E-state index in [4.69, 9.17) is 4.74 Å². The highest BCUT2D eigenvalue weighted by Crippen LogP contribution is 2.37. The van der Waals surface area contributed by atoms with Crippen LogP contribution in [0.4, 0.5) is 32.2 Å². The van der Waals surface area contributed by atoms with Crippen LogP contribution in [0.2, 0.25) is 0 Å². The summed E-state index contributed by atoms with van der Waals surface area (Å²) in [4.78, 5) is 17.3. The molecule has 0 bridgehead atoms. The van der Waals surface area contributed by atoms with Gasteiger partial charge in [0.2, 0.25) is 0 Å². The molecular formula is C23H15F6N3O2. The van der Waals surface area contributed by atoms with E-state index < -0.39 is 35.0 Å². The largest absolute Gasteiger partial charge is 0.497 e. The van der Waals surface area contributed by atoms with Crippen molar-refractivity contribution in [1.82, 2.24) is 9.38 Å². The Bertz CT molecular complexity index is 1330. The number of fused-ring (bicyclic) bond motifs is 1. The van der Waals surface area contributed by atoms with Gasteiger partial charge in [0.15, 0.2) is 0 Å². The smallest absolute Gasteiger partial charge is 0.416 e. The molecule has 0 aliphatic carbocycles. The summed E-state index contributed by atoms with van der Waals surface area (Å²) in [6.45, 7) is 0. The lowest BCUT2D eigenvalue weighted by Gasteiger charge is -2.14. The van der Waals surface area contributed by atoms with Crippen molar-refractivity contribution in [3.63, 3.8) is 0 Å². The Morgan fingerprint density at radius 3 is 2.09 bits per heavy atom. The van der Waals surface area contributed by atoms with Crippen LogP contribution in [0.1, 0.15) is 21.5 Å². The highest BCUT2D eigenvalue weighted by molar-refractivity contribution is 6.06. The van der Waals surface area contributed by atoms with Crippen LogP contribution in [0.3, 0.4) is 0 Å². The molecule has 176 valence electrons. The molecule has 0 saturated carbocycles. The van der Waals surface area contributed by atoms with E-state index in [1.54, 1.807) is 48.7 Å². The number of aromatic nitrogens is 2. The van der Waals surface area contributed by atoms with Crippen molar-refractivity contribution in [2.45, 2.75) is 12.4 Å². The number of pyridine rings is 1. The predicted molar refractivity (Wildman–Crippen MR) is 112 cm³/mol. The number of imidazole rings is 1. The molecule has 5 nitrogen and oxygen atoms in total. The number of alkyl halides is 6. The van der Waals surface area contributed by atoms with Crippen LogP contribution in [0, 0.1) is 0 Å². The minimum absolute atomic E-state index is 0.0339. The van der Waals surface area contributed by atoms with Gasteiger partial charge in [-0.05, 0) is 54.6 Å². The monoisotopic (exact) mass is 479 g/mol. The zero-order chi connectivity index (χ0) is 24.7. The summed E-state index contributed by atoms with van der Waals surface area (Å²) in [6, 6.07) is 12.3. The fourth-order valence-electron chi connectivity index (χ4n) is 3.33. The van der Waals surface area contributed by atoms with Gasteiger partial charge in [0.1, 0.15) is 22.9 Å². The molecule has 0 unspecified atom stereocenters. The number of anilines is 1. The van der Waals surface area contributed by atoms with Crippen LogP contribution >= 0.6 is 0 Å². The molecule has 0 aliphatic rings. The molecule has 2 aromatic heterocycles. The minimum atomic E-state index is -5.08. The Morgan fingerprint density at radius 1 is 0.912 bits per heavy atom. The summed E-state index contributed by atoms with van der Waals surface area (Å²) in [6.07, 6.45) is -8.60. The van der Waals surface area contributed by atoms with Gasteiger partial charge in [0, 0.05) is 17.3 Å². The first-order valence-electron chi connectivity index (χ1n) is 9.70. The van der Waals surface area contributed by atoms with Crippen molar-refractivity contribution in [2.75, 3.05) is 12.4 Å². The lowest BCUT2D eigenvalue weighted by Crippen LogP contribution is -2.18. The molecule has 0 radical (unpaired) electrons. The number of carbonyl (C=O) groups excluding carboxylic acids is 1. The van der Waals surface area contributed by atoms with Crippen LogP contribution in [-0.2, 0) is 12.4 Å². The van der Waals surface area contributed by atoms with Gasteiger partial charge in [-0.15, -0.1) is 0 Å². The van der Waals surface area contributed by atoms with Crippen LogP contribution in [0.25, 0.3) is 16.9 Å². The average molecular weight is 479 g/mol. The molecule has 0 atom stereocenters. The number of halogens is 6. The number of amides is 1. The molecule has 34 heavy (non-hydrogen) atoms. The maximum absolute atomic E-state index is 13.2. The number of benzene rings is 2. The second-order valence-corrected chi connectivity index (χ2v) is 7.22. The van der Waals surface area contributed by atoms with Crippen molar-refractivity contribution < 1.29 is 35.9 Å². The Kier molecular flexibility index (Phi) is 5.72. The molecular weight excluding hydrogens is 464 g/mol. The summed E-state index contributed by atoms with van der Waals surface area (Å²) in [7, 11) is 1.48. The number of rotatable bonds is 4. The lowest BCUT2D eigenvalue weighted by atomic mass is 10.0. The predicted octanol–water partition coefficient (Wildman–Crippen LogP) is 6.30. The Labute approximate surface area is 188 Å². The standard InChI is InChI=1S/C23H15F6N3O2/c1-34-17-7-5-13(6-8-17)19-20(32-9-3-2-4-18(32)30-19)31-21(33)14-10-15(22(24,25)26)12-16(11-14)23(27,28)29/h2-12H,1H3,(H,31,33). The van der Waals surface area contributed by atoms with Gasteiger partial charge in [-0.25, -0.2) is 4.98 Å². The van der Waals surface area contributed by atoms with Crippen molar-refractivity contribution in [2.24, 2.45) is 0 Å². The van der Waals surface area contributed by atoms with E-state index >= 15 is 0 Å². The number of hydrogen-bond acceptors (Lipinski definition) is 3. The number of carbonyl (C=O) groups is 1. The quantitative estimate of drug-likeness (QED) is 0.350. The van der Waals surface area contributed by atoms with Gasteiger partial charge >= 0.3 is 12.4 Å². The number of ether oxygens (including phenoxy) is 1. The first-order valence-corrected chi connectivity index (χ1v) is 9.70. The summed E-state index contributed by atoms with van der Waals surface area (Å²) in [5, 5.41) is 2.43. The van der Waals surface area contributed by atoms with Crippen molar-refractivity contribution >= 4 is 17.4 Å². The third kappa shape index (κ3) is 4.54. The molecule has 2 heterocycles. The summed E-state index contributed by atoms with van der Waals surface area (Å²) in [5.74, 6) is -0.518. The topological polar surface area (TPSA) is 55.6 Å². The molecule has 11 heteroatoms. The zero-order valence-electron chi connectivity index (χ0n) is 17.3. The first kappa shape index (κ1) is 23.1. The van der Waals surface area contributed by atoms with E-state index in [0.717, 1.165) is 0 Å². The van der Waals surface area contributed by atoms with E-state index in [9.17, 15) is 31.1 Å². The highest BCUT2D eigenvalue weighted by atomic mass is 19.4. The van der Waals surface area contributed by atoms with Crippen molar-refractivity contribution in [3.8, 4) is 17.0 Å². The third-order valence-corrected chi connectivity index (χ3v) is 4.98. The fraction of sp³-hybridized carbons (Fsp3) is 0.130. The number of nitrogens with one attached hydrogen (secondary N) is 1. The van der Waals surface area contributed by atoms with Gasteiger partial charge in [0.05, 0.1) is 18.2 Å². The normalized spacial score (nSPS) is 12.1. The van der Waals surface area contributed by atoms with E-state index in [2.05, 4.69) is 10.3 Å². The average Bonchev–Trinajstić information content (AvgIpc) is 3.16. The van der Waals surface area contributed by atoms with Crippen LogP contribution in [0.5, 0.6) is 5.75 Å². The second kappa shape index (κ2) is 8.40. The molecule has 0 fully saturated rings. The van der Waals surface area contributed by atoms with Gasteiger partial charge < -0.3 is 10.1 Å². The maximum atomic E-state index is 13.2. The molecule has 1 N–H and O–H groups in total. The molecule has 0 saturated heterocycles. The van der Waals surface area contributed by atoms with Crippen molar-refractivity contribution in [3.05, 3.63) is 83.6 Å². The Hall–Kier alpha value is -4.02. The summed E-state index contributed by atoms with van der Waals surface area (Å²) in [5.41, 5.74) is -2.75. The van der Waals surface area contributed by atoms with Crippen LogP contribution in [0.15, 0.2) is 66.9 Å². The molecule has 0 spiro atoms. The van der Waals surface area contributed by atoms with Gasteiger partial charge in [-0.2, -0.15) is 26.3 Å². The van der Waals surface area contributed by atoms with E-state index in [-0.39, 0.29) is 17.6 Å². The Balaban J connectivity index is 1.80. The molecule has 0 aliphatic heterocycles. The first-order chi connectivity index (χ1) is 16.0. The molecule has 1 amide bonds. The van der Waals surface area contributed by atoms with Gasteiger partial charge in [-0.3, -0.25) is 9.20 Å². The third-order valence-electron chi connectivity index (χ3n) is 4.98. The lowest BCUT2D eigenvalue weighted by molar-refractivity contribution is -0.143. The minimum Gasteiger partial charge on any atom is -0.497 e. The van der Waals surface area contributed by atoms with E-state index in [1.165, 1.54) is 11.5 Å². The van der Waals surface area contributed by atoms with E-state index in [1.807, 2.05) is 0 Å². The Morgan fingerprint density at radius 2 is 1.53 bits per heavy atom. The molecule has 4 rings (SSSR count). The van der Waals surface area contributed by atoms with E-state index in [0.29, 0.717) is 29.1 Å². The van der Waals surface area contributed by atoms with Crippen LogP contribution < -0.4 is 10.1 Å². The highest BCUT2D eigenvalue weighted by Gasteiger charge is 2.37. The second-order valence-electron chi connectivity index (χ2n) is 7.22. The van der Waals surface area contributed by atoms with Crippen LogP contribution in [-0.4, -0.2) is 22.4 Å². The number of methoxy groups -OCH3 is 1. The fourth-order valence-corrected chi connectivity index (χ4v) is 3.33. The van der Waals surface area contributed by atoms with Crippen molar-refractivity contribution in [1.29, 1.82) is 0 Å². The number of hydrogen-bond donors (Lipinski definition) is 1. The summed E-state index contributed by atoms with van der Waals surface area (Å²) < 4.78 is 85.8. The SMILES string of the molecule is COc1ccc(-c2nc3ccccn3c2NC(=O)c2cc(C(F)(F)F)cc(C(F)(F)F)c2)cc1.